The molecule has 1 aromatic carbocycles. The monoisotopic (exact) mass is 218 g/mol. The van der Waals surface area contributed by atoms with Crippen molar-refractivity contribution in [3.05, 3.63) is 42.0 Å². The van der Waals surface area contributed by atoms with Crippen molar-refractivity contribution in [2.45, 2.75) is 25.4 Å². The summed E-state index contributed by atoms with van der Waals surface area (Å²) in [6.45, 7) is 0. The van der Waals surface area contributed by atoms with Crippen LogP contribution < -0.4 is 4.74 Å². The molecule has 0 aromatic heterocycles. The summed E-state index contributed by atoms with van der Waals surface area (Å²) in [4.78, 5) is 0. The highest BCUT2D eigenvalue weighted by Crippen LogP contribution is 2.35. The molecule has 0 heterocycles. The Morgan fingerprint density at radius 3 is 2.81 bits per heavy atom. The summed E-state index contributed by atoms with van der Waals surface area (Å²) >= 11 is 0. The van der Waals surface area contributed by atoms with Gasteiger partial charge in [0.1, 0.15) is 5.75 Å². The first-order valence-corrected chi connectivity index (χ1v) is 5.79. The predicted molar refractivity (Wildman–Crippen MR) is 64.4 cm³/mol. The minimum atomic E-state index is -0.416. The molecular formula is C14H18O2. The molecule has 2 atom stereocenters. The maximum absolute atomic E-state index is 10.3. The van der Waals surface area contributed by atoms with Crippen molar-refractivity contribution in [3.63, 3.8) is 0 Å². The first kappa shape index (κ1) is 11.2. The number of hydrogen-bond acceptors (Lipinski definition) is 2. The number of ether oxygens (including phenoxy) is 1. The first-order chi connectivity index (χ1) is 7.83. The van der Waals surface area contributed by atoms with E-state index in [9.17, 15) is 5.11 Å². The third kappa shape index (κ3) is 2.27. The van der Waals surface area contributed by atoms with Gasteiger partial charge in [-0.3, -0.25) is 0 Å². The Bertz CT molecular complexity index is 371. The molecule has 0 saturated carbocycles. The Kier molecular flexibility index (Phi) is 3.62. The van der Waals surface area contributed by atoms with Gasteiger partial charge in [0.05, 0.1) is 13.2 Å². The van der Waals surface area contributed by atoms with Crippen LogP contribution in [-0.4, -0.2) is 12.2 Å². The molecule has 2 heteroatoms. The van der Waals surface area contributed by atoms with E-state index >= 15 is 0 Å². The van der Waals surface area contributed by atoms with Crippen LogP contribution in [0.2, 0.25) is 0 Å². The topological polar surface area (TPSA) is 29.5 Å². The molecule has 0 amide bonds. The fourth-order valence-electron chi connectivity index (χ4n) is 2.27. The molecule has 0 bridgehead atoms. The standard InChI is InChI=1S/C14H18O2/c1-16-13-10-6-5-9-12(13)14(15)11-7-3-2-4-8-11/h2-3,5-6,9-11,14-15H,4,7-8H2,1H3. The molecule has 2 rings (SSSR count). The van der Waals surface area contributed by atoms with Gasteiger partial charge in [-0.1, -0.05) is 30.4 Å². The number of aliphatic hydroxyl groups excluding tert-OH is 1. The van der Waals surface area contributed by atoms with E-state index in [-0.39, 0.29) is 0 Å². The van der Waals surface area contributed by atoms with Gasteiger partial charge < -0.3 is 9.84 Å². The van der Waals surface area contributed by atoms with Crippen molar-refractivity contribution < 1.29 is 9.84 Å². The molecule has 86 valence electrons. The molecule has 0 fully saturated rings. The van der Waals surface area contributed by atoms with Crippen molar-refractivity contribution >= 4 is 0 Å². The summed E-state index contributed by atoms with van der Waals surface area (Å²) in [6, 6.07) is 7.72. The van der Waals surface area contributed by atoms with E-state index in [0.717, 1.165) is 30.6 Å². The van der Waals surface area contributed by atoms with Gasteiger partial charge in [0.2, 0.25) is 0 Å². The quantitative estimate of drug-likeness (QED) is 0.790. The lowest BCUT2D eigenvalue weighted by atomic mass is 9.86. The Labute approximate surface area is 96.6 Å². The highest BCUT2D eigenvalue weighted by molar-refractivity contribution is 5.35. The number of para-hydroxylation sites is 1. The van der Waals surface area contributed by atoms with E-state index < -0.39 is 6.10 Å². The zero-order valence-electron chi connectivity index (χ0n) is 9.60. The van der Waals surface area contributed by atoms with Crippen LogP contribution in [0.25, 0.3) is 0 Å². The van der Waals surface area contributed by atoms with Crippen LogP contribution in [0.4, 0.5) is 0 Å². The lowest BCUT2D eigenvalue weighted by molar-refractivity contribution is 0.0997. The summed E-state index contributed by atoms with van der Waals surface area (Å²) in [7, 11) is 1.65. The third-order valence-electron chi connectivity index (χ3n) is 3.21. The second-order valence-corrected chi connectivity index (χ2v) is 4.23. The second-order valence-electron chi connectivity index (χ2n) is 4.23. The molecule has 2 nitrogen and oxygen atoms in total. The summed E-state index contributed by atoms with van der Waals surface area (Å²) in [5.41, 5.74) is 0.908. The normalized spacial score (nSPS) is 21.8. The molecule has 0 saturated heterocycles. The van der Waals surface area contributed by atoms with Gasteiger partial charge >= 0.3 is 0 Å². The molecule has 1 aliphatic rings. The highest BCUT2D eigenvalue weighted by Gasteiger charge is 2.23. The van der Waals surface area contributed by atoms with Crippen molar-refractivity contribution in [1.82, 2.24) is 0 Å². The van der Waals surface area contributed by atoms with E-state index in [4.69, 9.17) is 4.74 Å². The minimum Gasteiger partial charge on any atom is -0.496 e. The average molecular weight is 218 g/mol. The maximum atomic E-state index is 10.3. The van der Waals surface area contributed by atoms with Gasteiger partial charge in [0, 0.05) is 5.56 Å². The van der Waals surface area contributed by atoms with Crippen LogP contribution in [-0.2, 0) is 0 Å². The van der Waals surface area contributed by atoms with Crippen LogP contribution in [0.1, 0.15) is 30.9 Å². The summed E-state index contributed by atoms with van der Waals surface area (Å²) in [6.07, 6.45) is 7.01. The van der Waals surface area contributed by atoms with Crippen LogP contribution in [0.3, 0.4) is 0 Å². The van der Waals surface area contributed by atoms with Gasteiger partial charge in [0.25, 0.3) is 0 Å². The van der Waals surface area contributed by atoms with Crippen molar-refractivity contribution in [1.29, 1.82) is 0 Å². The molecule has 1 N–H and O–H groups in total. The molecule has 2 unspecified atom stereocenters. The van der Waals surface area contributed by atoms with E-state index in [1.165, 1.54) is 0 Å². The molecule has 16 heavy (non-hydrogen) atoms. The maximum Gasteiger partial charge on any atom is 0.124 e. The third-order valence-corrected chi connectivity index (χ3v) is 3.21. The molecular weight excluding hydrogens is 200 g/mol. The molecule has 0 aliphatic heterocycles. The summed E-state index contributed by atoms with van der Waals surface area (Å²) < 4.78 is 5.28. The van der Waals surface area contributed by atoms with Crippen LogP contribution >= 0.6 is 0 Å². The number of rotatable bonds is 3. The molecule has 1 aromatic rings. The smallest absolute Gasteiger partial charge is 0.124 e. The average Bonchev–Trinajstić information content (AvgIpc) is 2.39. The predicted octanol–water partition coefficient (Wildman–Crippen LogP) is 3.08. The zero-order valence-corrected chi connectivity index (χ0v) is 9.60. The lowest BCUT2D eigenvalue weighted by Crippen LogP contribution is -2.14. The Balaban J connectivity index is 2.19. The van der Waals surface area contributed by atoms with E-state index in [0.29, 0.717) is 5.92 Å². The van der Waals surface area contributed by atoms with Gasteiger partial charge in [0.15, 0.2) is 0 Å². The summed E-state index contributed by atoms with van der Waals surface area (Å²) in [5, 5.41) is 10.3. The van der Waals surface area contributed by atoms with Crippen LogP contribution in [0.5, 0.6) is 5.75 Å². The minimum absolute atomic E-state index is 0.321. The van der Waals surface area contributed by atoms with Crippen molar-refractivity contribution in [3.8, 4) is 5.75 Å². The summed E-state index contributed by atoms with van der Waals surface area (Å²) in [5.74, 6) is 1.10. The number of hydrogen-bond donors (Lipinski definition) is 1. The number of aliphatic hydroxyl groups is 1. The number of allylic oxidation sites excluding steroid dienone is 2. The van der Waals surface area contributed by atoms with Gasteiger partial charge in [-0.2, -0.15) is 0 Å². The SMILES string of the molecule is COc1ccccc1C(O)C1CC=CCC1. The Hall–Kier alpha value is -1.28. The fraction of sp³-hybridized carbons (Fsp3) is 0.429. The van der Waals surface area contributed by atoms with Crippen LogP contribution in [0.15, 0.2) is 36.4 Å². The van der Waals surface area contributed by atoms with Crippen molar-refractivity contribution in [2.75, 3.05) is 7.11 Å². The number of benzene rings is 1. The van der Waals surface area contributed by atoms with Gasteiger partial charge in [-0.15, -0.1) is 0 Å². The fourth-order valence-corrected chi connectivity index (χ4v) is 2.27. The van der Waals surface area contributed by atoms with Gasteiger partial charge in [-0.25, -0.2) is 0 Å². The van der Waals surface area contributed by atoms with E-state index in [2.05, 4.69) is 12.2 Å². The van der Waals surface area contributed by atoms with Gasteiger partial charge in [-0.05, 0) is 31.2 Å². The highest BCUT2D eigenvalue weighted by atomic mass is 16.5. The number of methoxy groups -OCH3 is 1. The molecule has 1 aliphatic carbocycles. The molecule has 0 radical (unpaired) electrons. The largest absolute Gasteiger partial charge is 0.496 e. The Morgan fingerprint density at radius 2 is 2.12 bits per heavy atom. The van der Waals surface area contributed by atoms with Crippen LogP contribution in [0, 0.1) is 5.92 Å². The Morgan fingerprint density at radius 1 is 1.31 bits per heavy atom. The van der Waals surface area contributed by atoms with E-state index in [1.54, 1.807) is 7.11 Å². The van der Waals surface area contributed by atoms with Crippen molar-refractivity contribution in [2.24, 2.45) is 5.92 Å². The first-order valence-electron chi connectivity index (χ1n) is 5.79. The zero-order chi connectivity index (χ0) is 11.4. The molecule has 0 spiro atoms. The second kappa shape index (κ2) is 5.17. The van der Waals surface area contributed by atoms with E-state index in [1.807, 2.05) is 24.3 Å². The lowest BCUT2D eigenvalue weighted by Gasteiger charge is -2.25.